The van der Waals surface area contributed by atoms with Crippen molar-refractivity contribution in [1.29, 1.82) is 0 Å². The molecule has 0 saturated carbocycles. The van der Waals surface area contributed by atoms with Gasteiger partial charge in [-0.3, -0.25) is 19.3 Å². The van der Waals surface area contributed by atoms with Crippen LogP contribution in [0.4, 0.5) is 18.9 Å². The van der Waals surface area contributed by atoms with Gasteiger partial charge in [0.2, 0.25) is 5.91 Å². The van der Waals surface area contributed by atoms with Gasteiger partial charge in [-0.05, 0) is 18.2 Å². The number of halogens is 3. The number of hydrogen-bond acceptors (Lipinski definition) is 4. The Morgan fingerprint density at radius 1 is 1.27 bits per heavy atom. The fraction of sp³-hybridized carbons (Fsp3) is 0.308. The number of alkyl halides is 3. The summed E-state index contributed by atoms with van der Waals surface area (Å²) in [5, 5.41) is 2.02. The van der Waals surface area contributed by atoms with Gasteiger partial charge < -0.3 is 11.1 Å². The zero-order valence-electron chi connectivity index (χ0n) is 11.6. The Bertz CT molecular complexity index is 587. The molecule has 22 heavy (non-hydrogen) atoms. The van der Waals surface area contributed by atoms with E-state index in [1.165, 1.54) is 6.07 Å². The normalized spacial score (nSPS) is 11.0. The number of rotatable bonds is 3. The van der Waals surface area contributed by atoms with E-state index in [0.29, 0.717) is 11.0 Å². The van der Waals surface area contributed by atoms with Crippen LogP contribution < -0.4 is 11.1 Å². The first kappa shape index (κ1) is 17.6. The van der Waals surface area contributed by atoms with Crippen LogP contribution in [0.3, 0.4) is 0 Å². The quantitative estimate of drug-likeness (QED) is 0.813. The first-order valence-corrected chi connectivity index (χ1v) is 6.17. The first-order valence-electron chi connectivity index (χ1n) is 6.17. The van der Waals surface area contributed by atoms with Gasteiger partial charge in [-0.15, -0.1) is 0 Å². The zero-order valence-corrected chi connectivity index (χ0v) is 11.6. The van der Waals surface area contributed by atoms with Crippen molar-refractivity contribution in [2.75, 3.05) is 18.4 Å². The maximum absolute atomic E-state index is 12.6. The van der Waals surface area contributed by atoms with Gasteiger partial charge in [-0.2, -0.15) is 13.2 Å². The molecule has 0 bridgehead atoms. The summed E-state index contributed by atoms with van der Waals surface area (Å²) < 4.78 is 37.7. The number of anilines is 1. The number of nitrogens with two attached hydrogens (primary N) is 1. The molecule has 3 amide bonds. The van der Waals surface area contributed by atoms with Gasteiger partial charge >= 0.3 is 18.0 Å². The molecule has 0 heterocycles. The number of benzene rings is 1. The fourth-order valence-corrected chi connectivity index (χ4v) is 1.61. The lowest BCUT2D eigenvalue weighted by Crippen LogP contribution is -2.44. The lowest BCUT2D eigenvalue weighted by Gasteiger charge is -2.17. The maximum atomic E-state index is 12.6. The van der Waals surface area contributed by atoms with Crippen molar-refractivity contribution in [1.82, 2.24) is 4.90 Å². The van der Waals surface area contributed by atoms with E-state index in [1.54, 1.807) is 0 Å². The Kier molecular flexibility index (Phi) is 5.63. The highest BCUT2D eigenvalue weighted by Gasteiger charge is 2.31. The van der Waals surface area contributed by atoms with Gasteiger partial charge in [-0.1, -0.05) is 6.07 Å². The van der Waals surface area contributed by atoms with E-state index in [2.05, 4.69) is 0 Å². The third-order valence-corrected chi connectivity index (χ3v) is 2.62. The molecule has 0 aromatic heterocycles. The molecule has 1 rings (SSSR count). The Balaban J connectivity index is 2.88. The lowest BCUT2D eigenvalue weighted by atomic mass is 10.2. The van der Waals surface area contributed by atoms with Gasteiger partial charge in [0.05, 0.1) is 5.56 Å². The minimum atomic E-state index is -4.57. The van der Waals surface area contributed by atoms with Crippen molar-refractivity contribution in [3.63, 3.8) is 0 Å². The van der Waals surface area contributed by atoms with Gasteiger partial charge in [0.25, 0.3) is 0 Å². The summed E-state index contributed by atoms with van der Waals surface area (Å²) in [5.74, 6) is -3.09. The highest BCUT2D eigenvalue weighted by Crippen LogP contribution is 2.30. The summed E-state index contributed by atoms with van der Waals surface area (Å²) in [5.41, 5.74) is 4.05. The van der Waals surface area contributed by atoms with Crippen molar-refractivity contribution < 1.29 is 27.6 Å². The van der Waals surface area contributed by atoms with E-state index in [4.69, 9.17) is 5.73 Å². The molecule has 0 aliphatic rings. The summed E-state index contributed by atoms with van der Waals surface area (Å²) >= 11 is 0. The number of carbonyl (C=O) groups is 3. The largest absolute Gasteiger partial charge is 0.416 e. The SMILES string of the molecule is CC(=O)N(CCN)C(=O)C(=O)Nc1cccc(C(F)(F)F)c1. The number of imide groups is 1. The molecule has 6 nitrogen and oxygen atoms in total. The van der Waals surface area contributed by atoms with Crippen LogP contribution in [-0.4, -0.2) is 35.7 Å². The number of amides is 3. The Hall–Kier alpha value is -2.42. The van der Waals surface area contributed by atoms with Gasteiger partial charge in [0.15, 0.2) is 0 Å². The molecule has 1 aromatic carbocycles. The van der Waals surface area contributed by atoms with Crippen LogP contribution in [0.25, 0.3) is 0 Å². The minimum Gasteiger partial charge on any atom is -0.329 e. The summed E-state index contributed by atoms with van der Waals surface area (Å²) in [6.07, 6.45) is -4.57. The van der Waals surface area contributed by atoms with E-state index in [-0.39, 0.29) is 18.8 Å². The van der Waals surface area contributed by atoms with E-state index in [1.807, 2.05) is 5.32 Å². The van der Waals surface area contributed by atoms with Gasteiger partial charge in [0, 0.05) is 25.7 Å². The minimum absolute atomic E-state index is 0.0395. The summed E-state index contributed by atoms with van der Waals surface area (Å²) in [6, 6.07) is 3.80. The number of hydrogen-bond donors (Lipinski definition) is 2. The highest BCUT2D eigenvalue weighted by atomic mass is 19.4. The molecular formula is C13H14F3N3O3. The molecule has 0 unspecified atom stereocenters. The fourth-order valence-electron chi connectivity index (χ4n) is 1.61. The molecule has 0 spiro atoms. The number of carbonyl (C=O) groups excluding carboxylic acids is 3. The molecule has 1 aromatic rings. The second-order valence-electron chi connectivity index (χ2n) is 4.30. The number of nitrogens with one attached hydrogen (secondary N) is 1. The average Bonchev–Trinajstić information content (AvgIpc) is 2.43. The second kappa shape index (κ2) is 7.03. The maximum Gasteiger partial charge on any atom is 0.416 e. The molecule has 9 heteroatoms. The third-order valence-electron chi connectivity index (χ3n) is 2.62. The lowest BCUT2D eigenvalue weighted by molar-refractivity contribution is -0.149. The zero-order chi connectivity index (χ0) is 16.9. The van der Waals surface area contributed by atoms with Crippen molar-refractivity contribution >= 4 is 23.4 Å². The van der Waals surface area contributed by atoms with Crippen LogP contribution in [-0.2, 0) is 20.6 Å². The van der Waals surface area contributed by atoms with Crippen LogP contribution in [0.2, 0.25) is 0 Å². The van der Waals surface area contributed by atoms with E-state index >= 15 is 0 Å². The van der Waals surface area contributed by atoms with Crippen molar-refractivity contribution in [2.45, 2.75) is 13.1 Å². The Labute approximate surface area is 124 Å². The molecule has 0 aliphatic carbocycles. The summed E-state index contributed by atoms with van der Waals surface area (Å²) in [6.45, 7) is 0.872. The van der Waals surface area contributed by atoms with Crippen molar-refractivity contribution in [3.05, 3.63) is 29.8 Å². The van der Waals surface area contributed by atoms with Crippen LogP contribution in [0, 0.1) is 0 Å². The van der Waals surface area contributed by atoms with Crippen LogP contribution >= 0.6 is 0 Å². The van der Waals surface area contributed by atoms with Gasteiger partial charge in [-0.25, -0.2) is 0 Å². The monoisotopic (exact) mass is 317 g/mol. The molecular weight excluding hydrogens is 303 g/mol. The van der Waals surface area contributed by atoms with Crippen LogP contribution in [0.5, 0.6) is 0 Å². The van der Waals surface area contributed by atoms with Crippen LogP contribution in [0.15, 0.2) is 24.3 Å². The highest BCUT2D eigenvalue weighted by molar-refractivity contribution is 6.41. The predicted octanol–water partition coefficient (Wildman–Crippen LogP) is 0.978. The molecule has 0 radical (unpaired) electrons. The van der Waals surface area contributed by atoms with Crippen molar-refractivity contribution in [3.8, 4) is 0 Å². The smallest absolute Gasteiger partial charge is 0.329 e. The predicted molar refractivity (Wildman–Crippen MR) is 71.5 cm³/mol. The third kappa shape index (κ3) is 4.55. The molecule has 3 N–H and O–H groups in total. The van der Waals surface area contributed by atoms with Crippen LogP contribution in [0.1, 0.15) is 12.5 Å². The first-order chi connectivity index (χ1) is 10.2. The summed E-state index contributed by atoms with van der Waals surface area (Å²) in [4.78, 5) is 35.3. The number of nitrogens with zero attached hydrogens (tertiary/aromatic N) is 1. The molecule has 0 atom stereocenters. The molecule has 0 saturated heterocycles. The Morgan fingerprint density at radius 3 is 2.41 bits per heavy atom. The van der Waals surface area contributed by atoms with E-state index in [9.17, 15) is 27.6 Å². The second-order valence-corrected chi connectivity index (χ2v) is 4.30. The van der Waals surface area contributed by atoms with E-state index < -0.39 is 29.5 Å². The molecule has 120 valence electrons. The topological polar surface area (TPSA) is 92.5 Å². The van der Waals surface area contributed by atoms with Gasteiger partial charge in [0.1, 0.15) is 0 Å². The van der Waals surface area contributed by atoms with Crippen molar-refractivity contribution in [2.24, 2.45) is 5.73 Å². The Morgan fingerprint density at radius 2 is 1.91 bits per heavy atom. The standard InChI is InChI=1S/C13H14F3N3O3/c1-8(20)19(6-5-17)12(22)11(21)18-10-4-2-3-9(7-10)13(14,15)16/h2-4,7H,5-6,17H2,1H3,(H,18,21). The average molecular weight is 317 g/mol. The van der Waals surface area contributed by atoms with E-state index in [0.717, 1.165) is 19.1 Å². The summed E-state index contributed by atoms with van der Waals surface area (Å²) in [7, 11) is 0. The molecule has 0 fully saturated rings. The molecule has 0 aliphatic heterocycles.